The highest BCUT2D eigenvalue weighted by Gasteiger charge is 1.95. The minimum Gasteiger partial charge on any atom is -0.227 e. The summed E-state index contributed by atoms with van der Waals surface area (Å²) in [6.45, 7) is 5.67. The van der Waals surface area contributed by atoms with Crippen molar-refractivity contribution in [2.24, 2.45) is 0 Å². The highest BCUT2D eigenvalue weighted by molar-refractivity contribution is 9.10. The summed E-state index contributed by atoms with van der Waals surface area (Å²) in [5, 5.41) is 0. The molecule has 0 radical (unpaired) electrons. The molecule has 0 amide bonds. The summed E-state index contributed by atoms with van der Waals surface area (Å²) in [7, 11) is 0. The molecule has 0 aliphatic carbocycles. The molecule has 0 aliphatic rings. The Hall–Kier alpha value is -0.440. The van der Waals surface area contributed by atoms with Gasteiger partial charge in [0, 0.05) is 16.2 Å². The van der Waals surface area contributed by atoms with Crippen molar-refractivity contribution in [1.29, 1.82) is 0 Å². The molecule has 0 bridgehead atoms. The van der Waals surface area contributed by atoms with Gasteiger partial charge in [-0.15, -0.1) is 0 Å². The fraction of sp³-hybridized carbons (Fsp3) is 0.375. The first-order valence-corrected chi connectivity index (χ1v) is 4.27. The van der Waals surface area contributed by atoms with Gasteiger partial charge in [-0.2, -0.15) is 4.39 Å². The van der Waals surface area contributed by atoms with E-state index in [0.29, 0.717) is 5.56 Å². The largest absolute Gasteiger partial charge is 0.227 e. The number of rotatable bonds is 0. The van der Waals surface area contributed by atoms with Crippen molar-refractivity contribution in [2.75, 3.05) is 0 Å². The minimum atomic E-state index is -0.404. The van der Waals surface area contributed by atoms with Gasteiger partial charge >= 0.3 is 0 Å². The number of aromatic nitrogens is 1. The van der Waals surface area contributed by atoms with E-state index < -0.39 is 5.95 Å². The predicted octanol–water partition coefficient (Wildman–Crippen LogP) is 3.32. The Labute approximate surface area is 74.8 Å². The lowest BCUT2D eigenvalue weighted by molar-refractivity contribution is 0.574. The van der Waals surface area contributed by atoms with Gasteiger partial charge in [0.15, 0.2) is 0 Å². The monoisotopic (exact) mass is 219 g/mol. The first-order chi connectivity index (χ1) is 5.20. The number of hydrogen-bond donors (Lipinski definition) is 0. The van der Waals surface area contributed by atoms with Crippen LogP contribution in [-0.2, 0) is 0 Å². The maximum absolute atomic E-state index is 12.4. The maximum Gasteiger partial charge on any atom is 0.215 e. The lowest BCUT2D eigenvalue weighted by Crippen LogP contribution is -1.85. The average Bonchev–Trinajstić information content (AvgIpc) is 2.02. The van der Waals surface area contributed by atoms with Gasteiger partial charge in [0.2, 0.25) is 5.95 Å². The number of pyridine rings is 1. The molecule has 0 saturated carbocycles. The SMILES string of the molecule is CC.Cc1cc(Br)cnc1F. The van der Waals surface area contributed by atoms with Crippen LogP contribution in [0.2, 0.25) is 0 Å². The second-order valence-corrected chi connectivity index (χ2v) is 2.68. The molecule has 0 atom stereocenters. The fourth-order valence-corrected chi connectivity index (χ4v) is 0.970. The average molecular weight is 220 g/mol. The Bertz CT molecular complexity index is 225. The second kappa shape index (κ2) is 5.24. The van der Waals surface area contributed by atoms with Crippen LogP contribution in [0.5, 0.6) is 0 Å². The van der Waals surface area contributed by atoms with Crippen LogP contribution in [0.25, 0.3) is 0 Å². The molecule has 3 heteroatoms. The molecule has 0 spiro atoms. The summed E-state index contributed by atoms with van der Waals surface area (Å²) in [5.74, 6) is -0.404. The van der Waals surface area contributed by atoms with Gasteiger partial charge in [-0.1, -0.05) is 13.8 Å². The van der Waals surface area contributed by atoms with Gasteiger partial charge in [-0.25, -0.2) is 4.98 Å². The Morgan fingerprint density at radius 2 is 2.00 bits per heavy atom. The first kappa shape index (κ1) is 10.6. The number of hydrogen-bond acceptors (Lipinski definition) is 1. The molecule has 62 valence electrons. The first-order valence-electron chi connectivity index (χ1n) is 3.48. The normalized spacial score (nSPS) is 8.45. The molecule has 1 aromatic heterocycles. The zero-order valence-electron chi connectivity index (χ0n) is 6.86. The minimum absolute atomic E-state index is 0.404. The Kier molecular flexibility index (Phi) is 5.03. The lowest BCUT2D eigenvalue weighted by Gasteiger charge is -1.92. The molecule has 0 aromatic carbocycles. The topological polar surface area (TPSA) is 12.9 Å². The van der Waals surface area contributed by atoms with Gasteiger partial charge < -0.3 is 0 Å². The standard InChI is InChI=1S/C6H5BrFN.C2H6/c1-4-2-5(7)3-9-6(4)8;1-2/h2-3H,1H3;1-2H3. The van der Waals surface area contributed by atoms with Crippen LogP contribution in [-0.4, -0.2) is 4.98 Å². The summed E-state index contributed by atoms with van der Waals surface area (Å²) >= 11 is 3.17. The molecule has 0 fully saturated rings. The smallest absolute Gasteiger partial charge is 0.215 e. The van der Waals surface area contributed by atoms with Gasteiger partial charge in [-0.05, 0) is 28.9 Å². The summed E-state index contributed by atoms with van der Waals surface area (Å²) in [6.07, 6.45) is 1.43. The second-order valence-electron chi connectivity index (χ2n) is 1.76. The van der Waals surface area contributed by atoms with Crippen molar-refractivity contribution in [3.63, 3.8) is 0 Å². The van der Waals surface area contributed by atoms with Gasteiger partial charge in [-0.3, -0.25) is 0 Å². The highest BCUT2D eigenvalue weighted by Crippen LogP contribution is 2.10. The van der Waals surface area contributed by atoms with Gasteiger partial charge in [0.1, 0.15) is 0 Å². The van der Waals surface area contributed by atoms with Crippen LogP contribution in [0.15, 0.2) is 16.7 Å². The van der Waals surface area contributed by atoms with E-state index in [-0.39, 0.29) is 0 Å². The number of halogens is 2. The number of aryl methyl sites for hydroxylation is 1. The van der Waals surface area contributed by atoms with Crippen molar-refractivity contribution in [3.8, 4) is 0 Å². The Morgan fingerprint density at radius 1 is 1.45 bits per heavy atom. The number of nitrogens with zero attached hydrogens (tertiary/aromatic N) is 1. The van der Waals surface area contributed by atoms with Crippen LogP contribution in [0.4, 0.5) is 4.39 Å². The molecule has 0 saturated heterocycles. The van der Waals surface area contributed by atoms with Crippen LogP contribution < -0.4 is 0 Å². The highest BCUT2D eigenvalue weighted by atomic mass is 79.9. The summed E-state index contributed by atoms with van der Waals surface area (Å²) < 4.78 is 13.2. The van der Waals surface area contributed by atoms with Gasteiger partial charge in [0.25, 0.3) is 0 Å². The summed E-state index contributed by atoms with van der Waals surface area (Å²) in [6, 6.07) is 1.68. The molecular weight excluding hydrogens is 209 g/mol. The van der Waals surface area contributed by atoms with Crippen molar-refractivity contribution in [3.05, 3.63) is 28.2 Å². The van der Waals surface area contributed by atoms with Crippen LogP contribution in [0.3, 0.4) is 0 Å². The van der Waals surface area contributed by atoms with E-state index in [4.69, 9.17) is 0 Å². The molecule has 1 heterocycles. The maximum atomic E-state index is 12.4. The zero-order valence-corrected chi connectivity index (χ0v) is 8.44. The van der Waals surface area contributed by atoms with Crippen molar-refractivity contribution in [2.45, 2.75) is 20.8 Å². The third kappa shape index (κ3) is 3.46. The molecule has 1 aromatic rings. The predicted molar refractivity (Wildman–Crippen MR) is 48.0 cm³/mol. The third-order valence-electron chi connectivity index (χ3n) is 0.981. The zero-order chi connectivity index (χ0) is 8.85. The molecule has 1 rings (SSSR count). The molecule has 0 N–H and O–H groups in total. The van der Waals surface area contributed by atoms with Crippen molar-refractivity contribution in [1.82, 2.24) is 4.98 Å². The van der Waals surface area contributed by atoms with E-state index in [1.54, 1.807) is 13.0 Å². The van der Waals surface area contributed by atoms with E-state index >= 15 is 0 Å². The Balaban J connectivity index is 0.000000461. The molecule has 1 nitrogen and oxygen atoms in total. The van der Waals surface area contributed by atoms with E-state index in [1.165, 1.54) is 6.20 Å². The van der Waals surface area contributed by atoms with Crippen molar-refractivity contribution >= 4 is 15.9 Å². The molecule has 0 unspecified atom stereocenters. The van der Waals surface area contributed by atoms with Gasteiger partial charge in [0.05, 0.1) is 0 Å². The van der Waals surface area contributed by atoms with E-state index in [0.717, 1.165) is 4.47 Å². The fourth-order valence-electron chi connectivity index (χ4n) is 0.524. The lowest BCUT2D eigenvalue weighted by atomic mass is 10.3. The molecular formula is C8H11BrFN. The van der Waals surface area contributed by atoms with E-state index in [2.05, 4.69) is 20.9 Å². The van der Waals surface area contributed by atoms with Crippen LogP contribution in [0, 0.1) is 12.9 Å². The quantitative estimate of drug-likeness (QED) is 0.611. The van der Waals surface area contributed by atoms with Crippen LogP contribution in [0.1, 0.15) is 19.4 Å². The van der Waals surface area contributed by atoms with E-state index in [9.17, 15) is 4.39 Å². The molecule has 11 heavy (non-hydrogen) atoms. The Morgan fingerprint density at radius 3 is 2.36 bits per heavy atom. The van der Waals surface area contributed by atoms with Crippen LogP contribution >= 0.6 is 15.9 Å². The molecule has 0 aliphatic heterocycles. The third-order valence-corrected chi connectivity index (χ3v) is 1.41. The summed E-state index contributed by atoms with van der Waals surface area (Å²) in [5.41, 5.74) is 0.560. The van der Waals surface area contributed by atoms with E-state index in [1.807, 2.05) is 13.8 Å². The van der Waals surface area contributed by atoms with Crippen molar-refractivity contribution < 1.29 is 4.39 Å². The summed E-state index contributed by atoms with van der Waals surface area (Å²) in [4.78, 5) is 3.46.